The summed E-state index contributed by atoms with van der Waals surface area (Å²) in [7, 11) is -7.55. The number of amides is 2. The molecule has 32 heteroatoms. The second-order valence-corrected chi connectivity index (χ2v) is 24.2. The van der Waals surface area contributed by atoms with Crippen molar-refractivity contribution in [1.82, 2.24) is 59.4 Å². The van der Waals surface area contributed by atoms with Gasteiger partial charge < -0.3 is 55.6 Å². The molecular formula is C58H87LuN13O16S2. The maximum absolute atomic E-state index is 13.2. The minimum Gasteiger partial charge on any atom is -0.512 e. The van der Waals surface area contributed by atoms with Crippen LogP contribution in [0, 0.1) is 36.9 Å². The standard InChI is InChI=1S/C36H46N8O9S2.C22H41N5O7.Lu/c1-2-52-21-22-53-20-4-16-42-54(48,49)30-10-5-26(6-11-30)27-7-12-31(13-8-27)55(50,51)43-32(35(46)47)25-40-34(45)28-9-14-33-29(23-28)24-41-44(33)19-3-15-37-36-38-17-18-39-36;1-3-34-14-4-5-23-20(29)16-25-8-12-26(17-21(30)31)10-6-24(15-19(2)28)7-11-27(13-9-25)18-22(32)33;/h5-14,17-18,23-24,32,42-43,48-49H,2-4,15-16,19-22,25H2,1H3,(H,40,45)(H,46,47)(H2,37,38,39);28H,2-18H2,1H3,(H,23,29)(H,30,31)(H,32,33);. The smallest absolute Gasteiger partial charge is 0.323 e. The summed E-state index contributed by atoms with van der Waals surface area (Å²) < 4.78 is 70.2. The normalized spacial score (nSPS) is 14.6. The van der Waals surface area contributed by atoms with E-state index < -0.39 is 57.2 Å². The molecule has 90 heavy (non-hydrogen) atoms. The molecule has 0 spiro atoms. The van der Waals surface area contributed by atoms with Crippen molar-refractivity contribution in [2.75, 3.05) is 150 Å². The monoisotopic (exact) mass is 1460 g/mol. The molecule has 12 N–H and O–H groups in total. The van der Waals surface area contributed by atoms with Gasteiger partial charge in [-0.25, -0.2) is 18.1 Å². The van der Waals surface area contributed by atoms with Crippen LogP contribution in [0.5, 0.6) is 0 Å². The number of aliphatic carboxylic acids is 3. The predicted octanol–water partition coefficient (Wildman–Crippen LogP) is 3.14. The van der Waals surface area contributed by atoms with E-state index in [1.54, 1.807) is 83.0 Å². The number of H-pyrrole nitrogens is 1. The molecule has 6 rings (SSSR count). The molecular weight excluding hydrogens is 1370 g/mol. The molecule has 1 fully saturated rings. The summed E-state index contributed by atoms with van der Waals surface area (Å²) in [4.78, 5) is 74.8. The SMILES string of the molecule is C=C(O)CN1CCN(CC(=O)O)CCN(CC(=O)NCCCOCC)CCN(CC(=O)O)CC1.CCOCCOCCCNS(O)(O)c1ccc(-c2ccc(S(=O)(=O)NC(CNC(=O)c3ccc4c(cnn4CCCNc4ncc[nH]4)c3)C(=O)O)cc2)cc1.[Lu]. The minimum atomic E-state index is -4.30. The maximum Gasteiger partial charge on any atom is 0.323 e. The van der Waals surface area contributed by atoms with Gasteiger partial charge in [0.05, 0.1) is 66.7 Å². The zero-order valence-corrected chi connectivity index (χ0v) is 54.0. The van der Waals surface area contributed by atoms with E-state index >= 15 is 0 Å². The van der Waals surface area contributed by atoms with Gasteiger partial charge in [-0.15, -0.1) is 10.8 Å². The Balaban J connectivity index is 0.000000426. The Morgan fingerprint density at radius 1 is 0.667 bits per heavy atom. The van der Waals surface area contributed by atoms with Gasteiger partial charge in [-0.3, -0.25) is 57.4 Å². The van der Waals surface area contributed by atoms with E-state index in [0.717, 1.165) is 23.7 Å². The van der Waals surface area contributed by atoms with Gasteiger partial charge >= 0.3 is 17.9 Å². The van der Waals surface area contributed by atoms with Crippen molar-refractivity contribution >= 4 is 67.4 Å². The second kappa shape index (κ2) is 40.9. The number of imidazole rings is 1. The van der Waals surface area contributed by atoms with Crippen molar-refractivity contribution in [1.29, 1.82) is 0 Å². The molecule has 2 amide bonds. The zero-order chi connectivity index (χ0) is 64.6. The Morgan fingerprint density at radius 2 is 1.21 bits per heavy atom. The van der Waals surface area contributed by atoms with Crippen LogP contribution in [0.1, 0.15) is 43.5 Å². The number of aromatic nitrogens is 4. The molecule has 1 atom stereocenters. The van der Waals surface area contributed by atoms with Crippen LogP contribution in [0.15, 0.2) is 107 Å². The molecule has 1 aliphatic heterocycles. The number of carbonyl (C=O) groups is 5. The van der Waals surface area contributed by atoms with Crippen molar-refractivity contribution in [2.45, 2.75) is 55.5 Å². The number of benzene rings is 3. The molecule has 3 heterocycles. The fourth-order valence-corrected chi connectivity index (χ4v) is 11.4. The molecule has 1 aliphatic rings. The van der Waals surface area contributed by atoms with Crippen LogP contribution in [-0.4, -0.2) is 257 Å². The number of aryl methyl sites for hydroxylation is 1. The summed E-state index contributed by atoms with van der Waals surface area (Å²) in [6.07, 6.45) is 7.10. The van der Waals surface area contributed by atoms with Crippen LogP contribution in [0.2, 0.25) is 0 Å². The number of aliphatic hydroxyl groups excluding tert-OH is 1. The first-order chi connectivity index (χ1) is 42.7. The Labute approximate surface area is 555 Å². The number of sulfonamides is 1. The first-order valence-electron chi connectivity index (χ1n) is 29.3. The summed E-state index contributed by atoms with van der Waals surface area (Å²) in [5, 5.41) is 51.7. The third kappa shape index (κ3) is 28.3. The van der Waals surface area contributed by atoms with E-state index in [0.29, 0.717) is 147 Å². The number of ether oxygens (including phenoxy) is 3. The molecule has 0 saturated carbocycles. The Morgan fingerprint density at radius 3 is 1.77 bits per heavy atom. The third-order valence-corrected chi connectivity index (χ3v) is 16.8. The van der Waals surface area contributed by atoms with Crippen molar-refractivity contribution in [3.63, 3.8) is 0 Å². The summed E-state index contributed by atoms with van der Waals surface area (Å²) in [5.41, 5.74) is 2.42. The fourth-order valence-electron chi connectivity index (χ4n) is 9.09. The third-order valence-electron chi connectivity index (χ3n) is 13.7. The van der Waals surface area contributed by atoms with Crippen LogP contribution in [0.4, 0.5) is 5.95 Å². The van der Waals surface area contributed by atoms with E-state index in [9.17, 15) is 61.9 Å². The van der Waals surface area contributed by atoms with E-state index in [4.69, 9.17) is 14.2 Å². The minimum absolute atomic E-state index is 0. The Bertz CT molecular complexity index is 3060. The number of aliphatic hydroxyl groups is 1. The number of carboxylic acid groups (broad SMARTS) is 3. The van der Waals surface area contributed by atoms with E-state index in [1.807, 2.05) is 28.3 Å². The first kappa shape index (κ1) is 76.6. The van der Waals surface area contributed by atoms with Gasteiger partial charge in [-0.1, -0.05) is 30.8 Å². The first-order valence-corrected chi connectivity index (χ1v) is 32.3. The average Bonchev–Trinajstić information content (AvgIpc) is 1.79. The molecule has 29 nitrogen and oxygen atoms in total. The van der Waals surface area contributed by atoms with Gasteiger partial charge in [0, 0.05) is 172 Å². The summed E-state index contributed by atoms with van der Waals surface area (Å²) in [5.74, 6) is -3.36. The number of hydrogen-bond acceptors (Lipinski definition) is 21. The van der Waals surface area contributed by atoms with E-state index in [1.165, 1.54) is 12.1 Å². The number of rotatable bonds is 36. The Hall–Kier alpha value is -5.88. The number of fused-ring (bicyclic) bond motifs is 1. The van der Waals surface area contributed by atoms with E-state index in [-0.39, 0.29) is 85.2 Å². The Kier molecular flexibility index (Phi) is 34.8. The molecule has 2 aromatic heterocycles. The van der Waals surface area contributed by atoms with Crippen LogP contribution >= 0.6 is 10.8 Å². The number of aromatic amines is 1. The van der Waals surface area contributed by atoms with Crippen LogP contribution in [-0.2, 0) is 50.0 Å². The van der Waals surface area contributed by atoms with E-state index in [2.05, 4.69) is 47.0 Å². The average molecular weight is 1460 g/mol. The number of hydrogen-bond donors (Lipinski definition) is 12. The quantitative estimate of drug-likeness (QED) is 0.0202. The molecule has 1 saturated heterocycles. The molecule has 3 aromatic carbocycles. The number of carbonyl (C=O) groups excluding carboxylic acids is 2. The molecule has 0 aliphatic carbocycles. The van der Waals surface area contributed by atoms with Gasteiger partial charge in [-0.05, 0) is 86.7 Å². The summed E-state index contributed by atoms with van der Waals surface area (Å²) in [6.45, 7) is 16.1. The predicted molar refractivity (Wildman–Crippen MR) is 335 cm³/mol. The molecule has 1 unspecified atom stereocenters. The van der Waals surface area contributed by atoms with Crippen LogP contribution in [0.3, 0.4) is 0 Å². The summed E-state index contributed by atoms with van der Waals surface area (Å²) >= 11 is 0. The van der Waals surface area contributed by atoms with Crippen molar-refractivity contribution < 1.29 is 113 Å². The fraction of sp³-hybridized carbons (Fsp3) is 0.500. The van der Waals surface area contributed by atoms with Crippen LogP contribution < -0.4 is 25.4 Å². The number of carboxylic acids is 3. The van der Waals surface area contributed by atoms with Crippen LogP contribution in [0.25, 0.3) is 22.0 Å². The van der Waals surface area contributed by atoms with Crippen molar-refractivity contribution in [2.24, 2.45) is 0 Å². The molecule has 5 aromatic rings. The van der Waals surface area contributed by atoms with Crippen molar-refractivity contribution in [3.05, 3.63) is 103 Å². The van der Waals surface area contributed by atoms with Gasteiger partial charge in [0.15, 0.2) is 5.95 Å². The number of nitrogens with zero attached hydrogens (tertiary/aromatic N) is 7. The molecule has 1 radical (unpaired) electrons. The largest absolute Gasteiger partial charge is 0.512 e. The van der Waals surface area contributed by atoms with Gasteiger partial charge in [-0.2, -0.15) is 9.82 Å². The number of nitrogens with one attached hydrogen (secondary N) is 6. The number of anilines is 1. The van der Waals surface area contributed by atoms with Gasteiger partial charge in [0.1, 0.15) is 6.04 Å². The molecule has 0 bridgehead atoms. The zero-order valence-electron chi connectivity index (χ0n) is 50.7. The second-order valence-electron chi connectivity index (χ2n) is 20.6. The maximum atomic E-state index is 13.2. The van der Waals surface area contributed by atoms with Crippen molar-refractivity contribution in [3.8, 4) is 11.1 Å². The topological polar surface area (TPSA) is 388 Å². The van der Waals surface area contributed by atoms with Gasteiger partial charge in [0.2, 0.25) is 15.9 Å². The summed E-state index contributed by atoms with van der Waals surface area (Å²) in [6, 6.07) is 15.6. The van der Waals surface area contributed by atoms with Gasteiger partial charge in [0.25, 0.3) is 5.91 Å². The molecule has 507 valence electrons.